The van der Waals surface area contributed by atoms with Crippen LogP contribution in [0.3, 0.4) is 0 Å². The first-order chi connectivity index (χ1) is 12.0. The molecule has 0 aliphatic rings. The minimum Gasteiger partial charge on any atom is -0.324 e. The SMILES string of the molecule is Cc1cccc(Nc2ncc(C(=O)Nc3ccccc3F)cn2)c1C. The molecule has 0 aliphatic heterocycles. The van der Waals surface area contributed by atoms with Crippen molar-refractivity contribution in [2.45, 2.75) is 13.8 Å². The molecule has 2 aromatic carbocycles. The number of hydrogen-bond acceptors (Lipinski definition) is 4. The molecule has 0 saturated heterocycles. The summed E-state index contributed by atoms with van der Waals surface area (Å²) in [6.07, 6.45) is 2.80. The number of halogens is 1. The maximum atomic E-state index is 13.6. The van der Waals surface area contributed by atoms with Crippen molar-refractivity contribution in [1.82, 2.24) is 9.97 Å². The summed E-state index contributed by atoms with van der Waals surface area (Å²) in [6.45, 7) is 4.03. The van der Waals surface area contributed by atoms with Crippen LogP contribution in [0, 0.1) is 19.7 Å². The van der Waals surface area contributed by atoms with Crippen LogP contribution in [0.15, 0.2) is 54.9 Å². The topological polar surface area (TPSA) is 66.9 Å². The second-order valence-electron chi connectivity index (χ2n) is 5.60. The molecule has 1 heterocycles. The van der Waals surface area contributed by atoms with Gasteiger partial charge in [-0.15, -0.1) is 0 Å². The predicted molar refractivity (Wildman–Crippen MR) is 95.6 cm³/mol. The Morgan fingerprint density at radius 3 is 2.36 bits per heavy atom. The number of benzene rings is 2. The third-order valence-electron chi connectivity index (χ3n) is 3.89. The largest absolute Gasteiger partial charge is 0.324 e. The van der Waals surface area contributed by atoms with Crippen molar-refractivity contribution in [3.05, 3.63) is 77.4 Å². The first-order valence-electron chi connectivity index (χ1n) is 7.76. The van der Waals surface area contributed by atoms with Gasteiger partial charge in [0.05, 0.1) is 11.3 Å². The van der Waals surface area contributed by atoms with Gasteiger partial charge in [0, 0.05) is 18.1 Å². The maximum Gasteiger partial charge on any atom is 0.258 e. The second kappa shape index (κ2) is 7.09. The molecular weight excluding hydrogens is 319 g/mol. The second-order valence-corrected chi connectivity index (χ2v) is 5.60. The van der Waals surface area contributed by atoms with Crippen LogP contribution in [0.1, 0.15) is 21.5 Å². The fraction of sp³-hybridized carbons (Fsp3) is 0.105. The number of para-hydroxylation sites is 1. The number of carbonyl (C=O) groups is 1. The average Bonchev–Trinajstić information content (AvgIpc) is 2.61. The molecule has 6 heteroatoms. The van der Waals surface area contributed by atoms with Gasteiger partial charge in [0.2, 0.25) is 5.95 Å². The van der Waals surface area contributed by atoms with E-state index in [0.29, 0.717) is 5.95 Å². The molecule has 3 rings (SSSR count). The van der Waals surface area contributed by atoms with Crippen LogP contribution in [0.2, 0.25) is 0 Å². The third kappa shape index (κ3) is 3.80. The summed E-state index contributed by atoms with van der Waals surface area (Å²) < 4.78 is 13.6. The lowest BCUT2D eigenvalue weighted by atomic mass is 10.1. The zero-order chi connectivity index (χ0) is 17.8. The van der Waals surface area contributed by atoms with Crippen LogP contribution in [0.4, 0.5) is 21.7 Å². The number of anilines is 3. The number of aryl methyl sites for hydroxylation is 1. The molecule has 0 radical (unpaired) electrons. The van der Waals surface area contributed by atoms with E-state index in [2.05, 4.69) is 20.6 Å². The lowest BCUT2D eigenvalue weighted by molar-refractivity contribution is 0.102. The summed E-state index contributed by atoms with van der Waals surface area (Å²) in [7, 11) is 0. The Morgan fingerprint density at radius 1 is 0.960 bits per heavy atom. The maximum absolute atomic E-state index is 13.6. The van der Waals surface area contributed by atoms with E-state index >= 15 is 0 Å². The van der Waals surface area contributed by atoms with Gasteiger partial charge in [0.15, 0.2) is 0 Å². The van der Waals surface area contributed by atoms with Crippen LogP contribution in [0.25, 0.3) is 0 Å². The normalized spacial score (nSPS) is 10.4. The Hall–Kier alpha value is -3.28. The quantitative estimate of drug-likeness (QED) is 0.748. The number of amides is 1. The van der Waals surface area contributed by atoms with E-state index in [4.69, 9.17) is 0 Å². The van der Waals surface area contributed by atoms with E-state index in [0.717, 1.165) is 16.8 Å². The van der Waals surface area contributed by atoms with Crippen LogP contribution >= 0.6 is 0 Å². The average molecular weight is 336 g/mol. The van der Waals surface area contributed by atoms with Crippen molar-refractivity contribution < 1.29 is 9.18 Å². The van der Waals surface area contributed by atoms with E-state index in [-0.39, 0.29) is 11.3 Å². The Balaban J connectivity index is 1.73. The number of aromatic nitrogens is 2. The molecule has 0 saturated carbocycles. The van der Waals surface area contributed by atoms with Gasteiger partial charge in [-0.3, -0.25) is 4.79 Å². The molecule has 3 aromatic rings. The first-order valence-corrected chi connectivity index (χ1v) is 7.76. The van der Waals surface area contributed by atoms with Gasteiger partial charge in [-0.1, -0.05) is 24.3 Å². The third-order valence-corrected chi connectivity index (χ3v) is 3.89. The fourth-order valence-corrected chi connectivity index (χ4v) is 2.27. The lowest BCUT2D eigenvalue weighted by Gasteiger charge is -2.10. The van der Waals surface area contributed by atoms with E-state index in [1.807, 2.05) is 32.0 Å². The van der Waals surface area contributed by atoms with Gasteiger partial charge < -0.3 is 10.6 Å². The molecule has 0 atom stereocenters. The van der Waals surface area contributed by atoms with Crippen LogP contribution in [-0.2, 0) is 0 Å². The van der Waals surface area contributed by atoms with Crippen molar-refractivity contribution in [3.63, 3.8) is 0 Å². The molecule has 25 heavy (non-hydrogen) atoms. The Kier molecular flexibility index (Phi) is 4.70. The zero-order valence-corrected chi connectivity index (χ0v) is 13.9. The van der Waals surface area contributed by atoms with Gasteiger partial charge in [0.25, 0.3) is 5.91 Å². The minimum absolute atomic E-state index is 0.116. The summed E-state index contributed by atoms with van der Waals surface area (Å²) in [5, 5.41) is 5.62. The summed E-state index contributed by atoms with van der Waals surface area (Å²) in [5.41, 5.74) is 3.53. The summed E-state index contributed by atoms with van der Waals surface area (Å²) in [6, 6.07) is 11.9. The standard InChI is InChI=1S/C19H17FN4O/c1-12-6-5-9-16(13(12)2)24-19-21-10-14(11-22-19)18(25)23-17-8-4-3-7-15(17)20/h3-11H,1-2H3,(H,23,25)(H,21,22,24). The van der Waals surface area contributed by atoms with E-state index in [1.165, 1.54) is 24.5 Å². The smallest absolute Gasteiger partial charge is 0.258 e. The van der Waals surface area contributed by atoms with Crippen molar-refractivity contribution in [2.75, 3.05) is 10.6 Å². The molecule has 126 valence electrons. The Bertz CT molecular complexity index is 910. The molecular formula is C19H17FN4O. The van der Waals surface area contributed by atoms with E-state index < -0.39 is 11.7 Å². The van der Waals surface area contributed by atoms with Crippen LogP contribution in [0.5, 0.6) is 0 Å². The van der Waals surface area contributed by atoms with Gasteiger partial charge >= 0.3 is 0 Å². The minimum atomic E-state index is -0.495. The van der Waals surface area contributed by atoms with E-state index in [1.54, 1.807) is 12.1 Å². The number of carbonyl (C=O) groups excluding carboxylic acids is 1. The van der Waals surface area contributed by atoms with Gasteiger partial charge in [-0.2, -0.15) is 0 Å². The highest BCUT2D eigenvalue weighted by Gasteiger charge is 2.10. The first kappa shape index (κ1) is 16.6. The highest BCUT2D eigenvalue weighted by molar-refractivity contribution is 6.03. The zero-order valence-electron chi connectivity index (χ0n) is 13.9. The molecule has 0 unspecified atom stereocenters. The van der Waals surface area contributed by atoms with Gasteiger partial charge in [-0.05, 0) is 43.2 Å². The molecule has 0 aliphatic carbocycles. The Morgan fingerprint density at radius 2 is 1.64 bits per heavy atom. The predicted octanol–water partition coefficient (Wildman–Crippen LogP) is 4.23. The summed E-state index contributed by atoms with van der Waals surface area (Å²) >= 11 is 0. The van der Waals surface area contributed by atoms with E-state index in [9.17, 15) is 9.18 Å². The van der Waals surface area contributed by atoms with Crippen LogP contribution in [-0.4, -0.2) is 15.9 Å². The molecule has 5 nitrogen and oxygen atoms in total. The number of nitrogens with one attached hydrogen (secondary N) is 2. The van der Waals surface area contributed by atoms with Gasteiger partial charge in [0.1, 0.15) is 5.82 Å². The van der Waals surface area contributed by atoms with Crippen molar-refractivity contribution in [1.29, 1.82) is 0 Å². The highest BCUT2D eigenvalue weighted by atomic mass is 19.1. The monoisotopic (exact) mass is 336 g/mol. The molecule has 1 aromatic heterocycles. The Labute approximate surface area is 145 Å². The molecule has 1 amide bonds. The molecule has 0 fully saturated rings. The highest BCUT2D eigenvalue weighted by Crippen LogP contribution is 2.21. The van der Waals surface area contributed by atoms with Crippen LogP contribution < -0.4 is 10.6 Å². The lowest BCUT2D eigenvalue weighted by Crippen LogP contribution is -2.14. The molecule has 0 bridgehead atoms. The van der Waals surface area contributed by atoms with Crippen molar-refractivity contribution in [3.8, 4) is 0 Å². The number of nitrogens with zero attached hydrogens (tertiary/aromatic N) is 2. The summed E-state index contributed by atoms with van der Waals surface area (Å²) in [4.78, 5) is 20.5. The number of rotatable bonds is 4. The number of hydrogen-bond donors (Lipinski definition) is 2. The van der Waals surface area contributed by atoms with Crippen molar-refractivity contribution in [2.24, 2.45) is 0 Å². The molecule has 0 spiro atoms. The molecule has 2 N–H and O–H groups in total. The fourth-order valence-electron chi connectivity index (χ4n) is 2.27. The van der Waals surface area contributed by atoms with Crippen molar-refractivity contribution >= 4 is 23.2 Å². The summed E-state index contributed by atoms with van der Waals surface area (Å²) in [5.74, 6) is -0.579. The van der Waals surface area contributed by atoms with Gasteiger partial charge in [-0.25, -0.2) is 14.4 Å².